The Labute approximate surface area is 107 Å². The van der Waals surface area contributed by atoms with E-state index in [0.717, 1.165) is 31.9 Å². The second-order valence-corrected chi connectivity index (χ2v) is 4.91. The molecule has 1 aromatic rings. The van der Waals surface area contributed by atoms with E-state index in [-0.39, 0.29) is 5.69 Å². The van der Waals surface area contributed by atoms with Crippen molar-refractivity contribution < 1.29 is 9.53 Å². The summed E-state index contributed by atoms with van der Waals surface area (Å²) in [5.74, 6) is 1.27. The van der Waals surface area contributed by atoms with E-state index in [9.17, 15) is 4.79 Å². The van der Waals surface area contributed by atoms with Crippen LogP contribution in [-0.2, 0) is 11.3 Å². The van der Waals surface area contributed by atoms with Gasteiger partial charge in [-0.05, 0) is 32.9 Å². The van der Waals surface area contributed by atoms with Gasteiger partial charge in [0.1, 0.15) is 11.6 Å². The average Bonchev–Trinajstić information content (AvgIpc) is 2.87. The number of nitrogens with two attached hydrogens (primary N) is 1. The fourth-order valence-electron chi connectivity index (χ4n) is 2.49. The van der Waals surface area contributed by atoms with Gasteiger partial charge in [-0.25, -0.2) is 9.78 Å². The zero-order valence-corrected chi connectivity index (χ0v) is 11.1. The number of likely N-dealkylation sites (tertiary alicyclic amines) is 1. The maximum Gasteiger partial charge on any atom is 0.360 e. The molecular weight excluding hydrogens is 232 g/mol. The highest BCUT2D eigenvalue weighted by Gasteiger charge is 2.24. The average molecular weight is 252 g/mol. The third-order valence-electron chi connectivity index (χ3n) is 3.51. The number of nitrogen functional groups attached to an aromatic ring is 1. The maximum absolute atomic E-state index is 11.5. The Morgan fingerprint density at radius 2 is 2.33 bits per heavy atom. The highest BCUT2D eigenvalue weighted by Crippen LogP contribution is 2.21. The number of carbonyl (C=O) groups excluding carboxylic acids is 1. The number of carbonyl (C=O) groups is 1. The van der Waals surface area contributed by atoms with Crippen LogP contribution in [0.25, 0.3) is 0 Å². The fourth-order valence-corrected chi connectivity index (χ4v) is 2.49. The predicted molar refractivity (Wildman–Crippen MR) is 68.3 cm³/mol. The number of aryl methyl sites for hydroxylation is 1. The van der Waals surface area contributed by atoms with Crippen LogP contribution in [0.3, 0.4) is 0 Å². The van der Waals surface area contributed by atoms with Crippen molar-refractivity contribution in [2.75, 3.05) is 33.0 Å². The first kappa shape index (κ1) is 12.9. The summed E-state index contributed by atoms with van der Waals surface area (Å²) in [6, 6.07) is 0. The third-order valence-corrected chi connectivity index (χ3v) is 3.51. The Balaban J connectivity index is 2.18. The largest absolute Gasteiger partial charge is 0.464 e. The number of nitrogens with zero attached hydrogens (tertiary/aromatic N) is 3. The second-order valence-electron chi connectivity index (χ2n) is 4.91. The van der Waals surface area contributed by atoms with E-state index in [4.69, 9.17) is 5.73 Å². The minimum atomic E-state index is -0.474. The molecule has 0 amide bonds. The standard InChI is InChI=1S/C12H20N4O2/c1-8-14-10(12(17)18-3)11(13)16(8)7-9-4-5-15(2)6-9/h9H,4-7,13H2,1-3H3. The van der Waals surface area contributed by atoms with Crippen LogP contribution in [0, 0.1) is 12.8 Å². The summed E-state index contributed by atoms with van der Waals surface area (Å²) < 4.78 is 6.58. The van der Waals surface area contributed by atoms with Gasteiger partial charge in [0.05, 0.1) is 7.11 Å². The molecule has 1 fully saturated rings. The second kappa shape index (κ2) is 4.97. The first-order chi connectivity index (χ1) is 8.52. The number of methoxy groups -OCH3 is 1. The van der Waals surface area contributed by atoms with E-state index in [1.165, 1.54) is 7.11 Å². The molecule has 1 unspecified atom stereocenters. The number of aromatic nitrogens is 2. The van der Waals surface area contributed by atoms with Crippen molar-refractivity contribution in [3.63, 3.8) is 0 Å². The number of esters is 1. The van der Waals surface area contributed by atoms with Crippen LogP contribution in [0.15, 0.2) is 0 Å². The molecule has 1 aromatic heterocycles. The summed E-state index contributed by atoms with van der Waals surface area (Å²) >= 11 is 0. The zero-order chi connectivity index (χ0) is 13.3. The van der Waals surface area contributed by atoms with Crippen LogP contribution < -0.4 is 5.73 Å². The Morgan fingerprint density at radius 1 is 1.61 bits per heavy atom. The zero-order valence-electron chi connectivity index (χ0n) is 11.1. The molecule has 0 radical (unpaired) electrons. The molecule has 100 valence electrons. The van der Waals surface area contributed by atoms with Gasteiger partial charge in [0, 0.05) is 13.1 Å². The summed E-state index contributed by atoms with van der Waals surface area (Å²) in [5.41, 5.74) is 6.20. The number of anilines is 1. The van der Waals surface area contributed by atoms with E-state index < -0.39 is 5.97 Å². The van der Waals surface area contributed by atoms with Crippen LogP contribution in [0.4, 0.5) is 5.82 Å². The van der Waals surface area contributed by atoms with Gasteiger partial charge in [-0.3, -0.25) is 0 Å². The fraction of sp³-hybridized carbons (Fsp3) is 0.667. The van der Waals surface area contributed by atoms with E-state index in [0.29, 0.717) is 11.7 Å². The SMILES string of the molecule is COC(=O)c1nc(C)n(CC2CCN(C)C2)c1N. The number of rotatable bonds is 3. The molecule has 1 atom stereocenters. The molecule has 0 aromatic carbocycles. The van der Waals surface area contributed by atoms with E-state index in [1.54, 1.807) is 0 Å². The molecule has 2 N–H and O–H groups in total. The molecule has 1 aliphatic rings. The molecule has 2 rings (SSSR count). The lowest BCUT2D eigenvalue weighted by Gasteiger charge is -2.13. The lowest BCUT2D eigenvalue weighted by molar-refractivity contribution is 0.0595. The molecule has 0 saturated carbocycles. The van der Waals surface area contributed by atoms with Gasteiger partial charge in [0.15, 0.2) is 5.69 Å². The van der Waals surface area contributed by atoms with Crippen LogP contribution in [0.2, 0.25) is 0 Å². The van der Waals surface area contributed by atoms with Crippen molar-refractivity contribution in [2.45, 2.75) is 19.9 Å². The van der Waals surface area contributed by atoms with E-state index >= 15 is 0 Å². The molecular formula is C12H20N4O2. The molecule has 0 bridgehead atoms. The van der Waals surface area contributed by atoms with Crippen LogP contribution in [-0.4, -0.2) is 47.7 Å². The monoisotopic (exact) mass is 252 g/mol. The van der Waals surface area contributed by atoms with Crippen molar-refractivity contribution in [3.8, 4) is 0 Å². The van der Waals surface area contributed by atoms with Crippen LogP contribution in [0.5, 0.6) is 0 Å². The molecule has 0 aliphatic carbocycles. The Morgan fingerprint density at radius 3 is 2.89 bits per heavy atom. The highest BCUT2D eigenvalue weighted by molar-refractivity contribution is 5.92. The molecule has 6 nitrogen and oxygen atoms in total. The Bertz CT molecular complexity index is 455. The van der Waals surface area contributed by atoms with Gasteiger partial charge >= 0.3 is 5.97 Å². The van der Waals surface area contributed by atoms with Gasteiger partial charge in [0.25, 0.3) is 0 Å². The van der Waals surface area contributed by atoms with Crippen LogP contribution >= 0.6 is 0 Å². The van der Waals surface area contributed by atoms with Gasteiger partial charge < -0.3 is 19.9 Å². The lowest BCUT2D eigenvalue weighted by atomic mass is 10.1. The molecule has 2 heterocycles. The van der Waals surface area contributed by atoms with Gasteiger partial charge in [-0.1, -0.05) is 0 Å². The van der Waals surface area contributed by atoms with Crippen LogP contribution in [0.1, 0.15) is 22.7 Å². The van der Waals surface area contributed by atoms with E-state index in [1.807, 2.05) is 11.5 Å². The number of hydrogen-bond donors (Lipinski definition) is 1. The minimum Gasteiger partial charge on any atom is -0.464 e. The lowest BCUT2D eigenvalue weighted by Crippen LogP contribution is -2.18. The van der Waals surface area contributed by atoms with Crippen molar-refractivity contribution in [1.29, 1.82) is 0 Å². The Kier molecular flexibility index (Phi) is 3.56. The van der Waals surface area contributed by atoms with Crippen molar-refractivity contribution in [2.24, 2.45) is 5.92 Å². The van der Waals surface area contributed by atoms with E-state index in [2.05, 4.69) is 21.7 Å². The van der Waals surface area contributed by atoms with Gasteiger partial charge in [0.2, 0.25) is 0 Å². The number of hydrogen-bond acceptors (Lipinski definition) is 5. The first-order valence-corrected chi connectivity index (χ1v) is 6.12. The maximum atomic E-state index is 11.5. The number of ether oxygens (including phenoxy) is 1. The van der Waals surface area contributed by atoms with Crippen molar-refractivity contribution in [3.05, 3.63) is 11.5 Å². The normalized spacial score (nSPS) is 20.3. The summed E-state index contributed by atoms with van der Waals surface area (Å²) in [5, 5.41) is 0. The number of imidazole rings is 1. The van der Waals surface area contributed by atoms with Gasteiger partial charge in [-0.2, -0.15) is 0 Å². The first-order valence-electron chi connectivity index (χ1n) is 6.12. The minimum absolute atomic E-state index is 0.223. The molecule has 6 heteroatoms. The summed E-state index contributed by atoms with van der Waals surface area (Å²) in [6.45, 7) is 4.85. The smallest absolute Gasteiger partial charge is 0.360 e. The molecule has 1 saturated heterocycles. The quantitative estimate of drug-likeness (QED) is 0.794. The van der Waals surface area contributed by atoms with Gasteiger partial charge in [-0.15, -0.1) is 0 Å². The summed E-state index contributed by atoms with van der Waals surface area (Å²) in [7, 11) is 3.45. The molecule has 1 aliphatic heterocycles. The Hall–Kier alpha value is -1.56. The molecule has 18 heavy (non-hydrogen) atoms. The third kappa shape index (κ3) is 2.33. The topological polar surface area (TPSA) is 73.4 Å². The predicted octanol–water partition coefficient (Wildman–Crippen LogP) is 0.512. The summed E-state index contributed by atoms with van der Waals surface area (Å²) in [6.07, 6.45) is 1.15. The highest BCUT2D eigenvalue weighted by atomic mass is 16.5. The molecule has 0 spiro atoms. The summed E-state index contributed by atoms with van der Waals surface area (Å²) in [4.78, 5) is 18.0. The van der Waals surface area contributed by atoms with Crippen molar-refractivity contribution >= 4 is 11.8 Å². The van der Waals surface area contributed by atoms with Crippen molar-refractivity contribution in [1.82, 2.24) is 14.5 Å².